The highest BCUT2D eigenvalue weighted by Gasteiger charge is 2.29. The molecule has 3 aromatic rings. The molecule has 0 unspecified atom stereocenters. The number of ether oxygens (including phenoxy) is 1. The van der Waals surface area contributed by atoms with Crippen molar-refractivity contribution in [2.75, 3.05) is 13.2 Å². The lowest BCUT2D eigenvalue weighted by Crippen LogP contribution is -2.38. The Morgan fingerprint density at radius 3 is 2.59 bits per heavy atom. The predicted molar refractivity (Wildman–Crippen MR) is 128 cm³/mol. The maximum absolute atomic E-state index is 13.5. The van der Waals surface area contributed by atoms with Crippen LogP contribution >= 0.6 is 11.6 Å². The van der Waals surface area contributed by atoms with Gasteiger partial charge in [-0.25, -0.2) is 0 Å². The van der Waals surface area contributed by atoms with Crippen LogP contribution in [-0.2, 0) is 13.1 Å². The molecule has 2 amide bonds. The minimum Gasteiger partial charge on any atom is -0.491 e. The number of aromatic nitrogens is 1. The van der Waals surface area contributed by atoms with E-state index in [1.807, 2.05) is 34.9 Å². The third-order valence-electron chi connectivity index (χ3n) is 6.07. The number of carbonyl (C=O) groups is 2. The van der Waals surface area contributed by atoms with Gasteiger partial charge in [-0.05, 0) is 36.6 Å². The second-order valence-corrected chi connectivity index (χ2v) is 9.02. The van der Waals surface area contributed by atoms with Crippen LogP contribution in [0.3, 0.4) is 0 Å². The topological polar surface area (TPSA) is 80.6 Å². The molecule has 1 aliphatic carbocycles. The lowest BCUT2D eigenvalue weighted by Gasteiger charge is -2.21. The molecule has 0 atom stereocenters. The summed E-state index contributed by atoms with van der Waals surface area (Å²) in [4.78, 5) is 41.4. The van der Waals surface area contributed by atoms with Gasteiger partial charge in [-0.2, -0.15) is 0 Å². The third-order valence-corrected chi connectivity index (χ3v) is 6.31. The first-order chi connectivity index (χ1) is 16.5. The number of amides is 2. The fourth-order valence-corrected chi connectivity index (χ4v) is 4.27. The van der Waals surface area contributed by atoms with Crippen LogP contribution in [0.1, 0.15) is 50.7 Å². The van der Waals surface area contributed by atoms with Gasteiger partial charge >= 0.3 is 0 Å². The SMILES string of the molecule is O=C(NCc1ccccc1)c1cn(C2CC2)cc(C(=O)N2CCOc3ccc(Cl)cc3C2)c1=O. The number of hydrogen-bond donors (Lipinski definition) is 1. The van der Waals surface area contributed by atoms with E-state index in [0.29, 0.717) is 30.5 Å². The molecule has 1 fully saturated rings. The van der Waals surface area contributed by atoms with Crippen molar-refractivity contribution in [3.05, 3.63) is 98.4 Å². The molecule has 7 nitrogen and oxygen atoms in total. The molecule has 0 bridgehead atoms. The summed E-state index contributed by atoms with van der Waals surface area (Å²) in [6, 6.07) is 14.9. The monoisotopic (exact) mass is 477 g/mol. The van der Waals surface area contributed by atoms with E-state index in [-0.39, 0.29) is 23.7 Å². The van der Waals surface area contributed by atoms with E-state index in [1.165, 1.54) is 0 Å². The van der Waals surface area contributed by atoms with E-state index in [9.17, 15) is 14.4 Å². The Labute approximate surface area is 201 Å². The molecule has 5 rings (SSSR count). The number of hydrogen-bond acceptors (Lipinski definition) is 4. The molecule has 1 aromatic heterocycles. The molecule has 2 aliphatic rings. The van der Waals surface area contributed by atoms with Gasteiger partial charge in [0.1, 0.15) is 23.5 Å². The van der Waals surface area contributed by atoms with Crippen molar-refractivity contribution < 1.29 is 14.3 Å². The van der Waals surface area contributed by atoms with Gasteiger partial charge in [-0.3, -0.25) is 14.4 Å². The van der Waals surface area contributed by atoms with Crippen molar-refractivity contribution in [1.29, 1.82) is 0 Å². The number of nitrogens with zero attached hydrogens (tertiary/aromatic N) is 2. The molecular weight excluding hydrogens is 454 g/mol. The van der Waals surface area contributed by atoms with Gasteiger partial charge in [-0.15, -0.1) is 0 Å². The van der Waals surface area contributed by atoms with E-state index < -0.39 is 17.2 Å². The van der Waals surface area contributed by atoms with E-state index in [4.69, 9.17) is 16.3 Å². The van der Waals surface area contributed by atoms with Crippen molar-refractivity contribution in [3.63, 3.8) is 0 Å². The summed E-state index contributed by atoms with van der Waals surface area (Å²) < 4.78 is 7.58. The molecule has 1 aliphatic heterocycles. The van der Waals surface area contributed by atoms with Gasteiger partial charge in [0.05, 0.1) is 6.54 Å². The Morgan fingerprint density at radius 2 is 1.82 bits per heavy atom. The first-order valence-electron chi connectivity index (χ1n) is 11.3. The maximum Gasteiger partial charge on any atom is 0.259 e. The number of rotatable bonds is 5. The summed E-state index contributed by atoms with van der Waals surface area (Å²) in [5, 5.41) is 3.35. The van der Waals surface area contributed by atoms with Crippen molar-refractivity contribution in [3.8, 4) is 5.75 Å². The van der Waals surface area contributed by atoms with Crippen LogP contribution in [0.4, 0.5) is 0 Å². The van der Waals surface area contributed by atoms with Crippen molar-refractivity contribution >= 4 is 23.4 Å². The first-order valence-corrected chi connectivity index (χ1v) is 11.7. The normalized spacial score (nSPS) is 15.1. The fourth-order valence-electron chi connectivity index (χ4n) is 4.08. The summed E-state index contributed by atoms with van der Waals surface area (Å²) >= 11 is 6.13. The minimum absolute atomic E-state index is 0.00950. The Hall–Kier alpha value is -3.58. The summed E-state index contributed by atoms with van der Waals surface area (Å²) in [6.45, 7) is 1.18. The standard InChI is InChI=1S/C26H24ClN3O4/c27-19-6-9-23-18(12-19)14-29(10-11-34-23)26(33)22-16-30(20-7-8-20)15-21(24(22)31)25(32)28-13-17-4-2-1-3-5-17/h1-6,9,12,15-16,20H,7-8,10-11,13-14H2,(H,28,32). The molecule has 174 valence electrons. The van der Waals surface area contributed by atoms with Gasteiger partial charge in [0.2, 0.25) is 5.43 Å². The van der Waals surface area contributed by atoms with Crippen LogP contribution in [0, 0.1) is 0 Å². The molecule has 34 heavy (non-hydrogen) atoms. The predicted octanol–water partition coefficient (Wildman–Crippen LogP) is 3.80. The largest absolute Gasteiger partial charge is 0.491 e. The van der Waals surface area contributed by atoms with Crippen molar-refractivity contribution in [2.24, 2.45) is 0 Å². The summed E-state index contributed by atoms with van der Waals surface area (Å²) in [6.07, 6.45) is 5.05. The Bertz CT molecular complexity index is 1300. The molecular formula is C26H24ClN3O4. The molecule has 1 N–H and O–H groups in total. The molecule has 0 spiro atoms. The minimum atomic E-state index is -0.566. The number of carbonyl (C=O) groups excluding carboxylic acids is 2. The van der Waals surface area contributed by atoms with Crippen LogP contribution in [0.25, 0.3) is 0 Å². The van der Waals surface area contributed by atoms with Gasteiger partial charge in [0.15, 0.2) is 0 Å². The van der Waals surface area contributed by atoms with E-state index in [1.54, 1.807) is 35.5 Å². The van der Waals surface area contributed by atoms with Crippen LogP contribution in [-0.4, -0.2) is 34.4 Å². The number of benzene rings is 2. The van der Waals surface area contributed by atoms with Crippen LogP contribution in [0.2, 0.25) is 5.02 Å². The quantitative estimate of drug-likeness (QED) is 0.606. The summed E-state index contributed by atoms with van der Waals surface area (Å²) in [5.74, 6) is -0.244. The average Bonchev–Trinajstić information content (AvgIpc) is 3.70. The second-order valence-electron chi connectivity index (χ2n) is 8.59. The van der Waals surface area contributed by atoms with Gasteiger partial charge in [0.25, 0.3) is 11.8 Å². The number of fused-ring (bicyclic) bond motifs is 1. The van der Waals surface area contributed by atoms with E-state index in [0.717, 1.165) is 24.0 Å². The molecule has 0 radical (unpaired) electrons. The highest BCUT2D eigenvalue weighted by Crippen LogP contribution is 2.35. The fraction of sp³-hybridized carbons (Fsp3) is 0.269. The number of halogens is 1. The van der Waals surface area contributed by atoms with Crippen LogP contribution in [0.5, 0.6) is 5.75 Å². The second kappa shape index (κ2) is 9.35. The molecule has 2 aromatic carbocycles. The van der Waals surface area contributed by atoms with Gasteiger partial charge in [0, 0.05) is 42.1 Å². The van der Waals surface area contributed by atoms with Gasteiger partial charge in [-0.1, -0.05) is 41.9 Å². The zero-order valence-corrected chi connectivity index (χ0v) is 19.3. The molecule has 1 saturated carbocycles. The van der Waals surface area contributed by atoms with E-state index >= 15 is 0 Å². The zero-order chi connectivity index (χ0) is 23.7. The summed E-state index contributed by atoms with van der Waals surface area (Å²) in [5.41, 5.74) is 1.10. The maximum atomic E-state index is 13.5. The van der Waals surface area contributed by atoms with Crippen molar-refractivity contribution in [2.45, 2.75) is 32.0 Å². The molecule has 0 saturated heterocycles. The smallest absolute Gasteiger partial charge is 0.259 e. The number of pyridine rings is 1. The highest BCUT2D eigenvalue weighted by atomic mass is 35.5. The summed E-state index contributed by atoms with van der Waals surface area (Å²) in [7, 11) is 0. The van der Waals surface area contributed by atoms with Crippen LogP contribution in [0.15, 0.2) is 65.7 Å². The Balaban J connectivity index is 1.44. The van der Waals surface area contributed by atoms with Gasteiger partial charge < -0.3 is 19.5 Å². The lowest BCUT2D eigenvalue weighted by atomic mass is 10.1. The average molecular weight is 478 g/mol. The van der Waals surface area contributed by atoms with E-state index in [2.05, 4.69) is 5.32 Å². The van der Waals surface area contributed by atoms with Crippen LogP contribution < -0.4 is 15.5 Å². The third kappa shape index (κ3) is 4.70. The Kier molecular flexibility index (Phi) is 6.11. The first kappa shape index (κ1) is 22.2. The Morgan fingerprint density at radius 1 is 1.06 bits per heavy atom. The highest BCUT2D eigenvalue weighted by molar-refractivity contribution is 6.30. The van der Waals surface area contributed by atoms with Crippen molar-refractivity contribution in [1.82, 2.24) is 14.8 Å². The zero-order valence-electron chi connectivity index (χ0n) is 18.5. The molecule has 8 heteroatoms. The lowest BCUT2D eigenvalue weighted by molar-refractivity contribution is 0.0731. The number of nitrogens with one attached hydrogen (secondary N) is 1. The molecule has 2 heterocycles.